The van der Waals surface area contributed by atoms with Gasteiger partial charge in [-0.2, -0.15) is 0 Å². The number of hydrogen-bond acceptors (Lipinski definition) is 1. The van der Waals surface area contributed by atoms with Crippen LogP contribution in [0, 0.1) is 6.92 Å². The molecule has 1 atom stereocenters. The zero-order valence-electron chi connectivity index (χ0n) is 9.17. The molecule has 1 unspecified atom stereocenters. The fraction of sp³-hybridized carbons (Fsp3) is 0.538. The highest BCUT2D eigenvalue weighted by molar-refractivity contribution is 5.39. The van der Waals surface area contributed by atoms with Gasteiger partial charge in [-0.15, -0.1) is 0 Å². The van der Waals surface area contributed by atoms with Crippen molar-refractivity contribution in [1.29, 1.82) is 0 Å². The number of hydrogen-bond donors (Lipinski definition) is 1. The van der Waals surface area contributed by atoms with Crippen LogP contribution < -0.4 is 0 Å². The first-order chi connectivity index (χ1) is 6.51. The summed E-state index contributed by atoms with van der Waals surface area (Å²) in [7, 11) is 0. The second kappa shape index (κ2) is 3.09. The number of aliphatic hydroxyl groups excluding tert-OH is 1. The lowest BCUT2D eigenvalue weighted by molar-refractivity contribution is 0.0831. The van der Waals surface area contributed by atoms with E-state index in [-0.39, 0.29) is 11.5 Å². The molecule has 14 heavy (non-hydrogen) atoms. The molecule has 2 rings (SSSR count). The molecule has 1 heteroatoms. The smallest absolute Gasteiger partial charge is 0.0634 e. The molecule has 0 saturated carbocycles. The molecule has 0 fully saturated rings. The van der Waals surface area contributed by atoms with Gasteiger partial charge in [0.1, 0.15) is 0 Å². The Balaban J connectivity index is 2.55. The highest BCUT2D eigenvalue weighted by Gasteiger charge is 2.34. The first kappa shape index (κ1) is 9.72. The molecule has 0 bridgehead atoms. The average molecular weight is 190 g/mol. The van der Waals surface area contributed by atoms with E-state index in [1.54, 1.807) is 0 Å². The highest BCUT2D eigenvalue weighted by Crippen LogP contribution is 2.37. The Labute approximate surface area is 85.8 Å². The number of fused-ring (bicyclic) bond motifs is 1. The zero-order valence-corrected chi connectivity index (χ0v) is 9.17. The lowest BCUT2D eigenvalue weighted by atomic mass is 9.70. The van der Waals surface area contributed by atoms with Gasteiger partial charge in [-0.25, -0.2) is 0 Å². The van der Waals surface area contributed by atoms with Crippen LogP contribution in [0.3, 0.4) is 0 Å². The van der Waals surface area contributed by atoms with Crippen LogP contribution in [0.4, 0.5) is 0 Å². The molecule has 0 aromatic heterocycles. The molecule has 1 nitrogen and oxygen atoms in total. The van der Waals surface area contributed by atoms with Gasteiger partial charge in [0.2, 0.25) is 0 Å². The lowest BCUT2D eigenvalue weighted by Gasteiger charge is -2.37. The first-order valence-electron chi connectivity index (χ1n) is 5.30. The molecule has 1 aromatic carbocycles. The standard InChI is InChI=1S/C13H18O/c1-9-4-5-10-6-7-12(14)13(2,3)11(10)8-9/h4-5,8,12,14H,6-7H2,1-3H3. The third-order valence-corrected chi connectivity index (χ3v) is 3.48. The van der Waals surface area contributed by atoms with E-state index in [1.165, 1.54) is 16.7 Å². The predicted octanol–water partition coefficient (Wildman–Crippen LogP) is 2.58. The monoisotopic (exact) mass is 190 g/mol. The van der Waals surface area contributed by atoms with Crippen molar-refractivity contribution >= 4 is 0 Å². The van der Waals surface area contributed by atoms with Gasteiger partial charge in [-0.1, -0.05) is 37.6 Å². The maximum Gasteiger partial charge on any atom is 0.0634 e. The van der Waals surface area contributed by atoms with Crippen LogP contribution >= 0.6 is 0 Å². The van der Waals surface area contributed by atoms with Crippen LogP contribution in [0.2, 0.25) is 0 Å². The molecular formula is C13H18O. The predicted molar refractivity (Wildman–Crippen MR) is 58.5 cm³/mol. The molecule has 76 valence electrons. The average Bonchev–Trinajstić information content (AvgIpc) is 2.13. The minimum absolute atomic E-state index is 0.0837. The molecule has 0 heterocycles. The van der Waals surface area contributed by atoms with E-state index in [9.17, 15) is 5.11 Å². The molecular weight excluding hydrogens is 172 g/mol. The summed E-state index contributed by atoms with van der Waals surface area (Å²) >= 11 is 0. The van der Waals surface area contributed by atoms with Gasteiger partial charge in [-0.3, -0.25) is 0 Å². The van der Waals surface area contributed by atoms with Crippen LogP contribution in [0.15, 0.2) is 18.2 Å². The summed E-state index contributed by atoms with van der Waals surface area (Å²) in [5, 5.41) is 9.97. The van der Waals surface area contributed by atoms with Crippen LogP contribution in [0.1, 0.15) is 37.0 Å². The Morgan fingerprint density at radius 1 is 1.36 bits per heavy atom. The van der Waals surface area contributed by atoms with Crippen LogP contribution in [0.25, 0.3) is 0 Å². The van der Waals surface area contributed by atoms with Gasteiger partial charge in [0.05, 0.1) is 6.10 Å². The number of aliphatic hydroxyl groups is 1. The molecule has 0 saturated heterocycles. The van der Waals surface area contributed by atoms with Gasteiger partial charge in [0, 0.05) is 5.41 Å². The summed E-state index contributed by atoms with van der Waals surface area (Å²) < 4.78 is 0. The molecule has 0 spiro atoms. The van der Waals surface area contributed by atoms with E-state index < -0.39 is 0 Å². The molecule has 1 aliphatic carbocycles. The Morgan fingerprint density at radius 2 is 2.07 bits per heavy atom. The number of rotatable bonds is 0. The maximum absolute atomic E-state index is 9.97. The molecule has 1 aromatic rings. The van der Waals surface area contributed by atoms with E-state index in [0.29, 0.717) is 0 Å². The highest BCUT2D eigenvalue weighted by atomic mass is 16.3. The molecule has 1 aliphatic rings. The molecule has 1 N–H and O–H groups in total. The van der Waals surface area contributed by atoms with E-state index in [0.717, 1.165) is 12.8 Å². The van der Waals surface area contributed by atoms with Crippen molar-refractivity contribution in [3.05, 3.63) is 34.9 Å². The first-order valence-corrected chi connectivity index (χ1v) is 5.30. The quantitative estimate of drug-likeness (QED) is 0.666. The Kier molecular flexibility index (Phi) is 2.15. The topological polar surface area (TPSA) is 20.2 Å². The summed E-state index contributed by atoms with van der Waals surface area (Å²) in [5.74, 6) is 0. The van der Waals surface area contributed by atoms with Crippen molar-refractivity contribution in [1.82, 2.24) is 0 Å². The van der Waals surface area contributed by atoms with Crippen LogP contribution in [0.5, 0.6) is 0 Å². The molecule has 0 aliphatic heterocycles. The zero-order chi connectivity index (χ0) is 10.3. The summed E-state index contributed by atoms with van der Waals surface area (Å²) in [5.41, 5.74) is 3.94. The summed E-state index contributed by atoms with van der Waals surface area (Å²) in [6, 6.07) is 6.59. The third kappa shape index (κ3) is 1.36. The lowest BCUT2D eigenvalue weighted by Crippen LogP contribution is -2.38. The summed E-state index contributed by atoms with van der Waals surface area (Å²) in [6.45, 7) is 6.38. The molecule has 0 amide bonds. The van der Waals surface area contributed by atoms with Gasteiger partial charge in [0.15, 0.2) is 0 Å². The molecule has 0 radical (unpaired) electrons. The SMILES string of the molecule is Cc1ccc2c(c1)C(C)(C)C(O)CC2. The van der Waals surface area contributed by atoms with Crippen molar-refractivity contribution in [3.8, 4) is 0 Å². The van der Waals surface area contributed by atoms with E-state index in [1.807, 2.05) is 0 Å². The second-order valence-electron chi connectivity index (χ2n) is 4.94. The Bertz CT molecular complexity index is 352. The number of aryl methyl sites for hydroxylation is 2. The Hall–Kier alpha value is -0.820. The fourth-order valence-electron chi connectivity index (χ4n) is 2.34. The van der Waals surface area contributed by atoms with E-state index in [4.69, 9.17) is 0 Å². The normalized spacial score (nSPS) is 24.4. The van der Waals surface area contributed by atoms with Gasteiger partial charge in [-0.05, 0) is 30.9 Å². The van der Waals surface area contributed by atoms with Crippen molar-refractivity contribution in [2.24, 2.45) is 0 Å². The minimum atomic E-state index is -0.197. The van der Waals surface area contributed by atoms with Crippen LogP contribution in [-0.2, 0) is 11.8 Å². The second-order valence-corrected chi connectivity index (χ2v) is 4.94. The fourth-order valence-corrected chi connectivity index (χ4v) is 2.34. The third-order valence-electron chi connectivity index (χ3n) is 3.48. The maximum atomic E-state index is 9.97. The van der Waals surface area contributed by atoms with Gasteiger partial charge < -0.3 is 5.11 Å². The van der Waals surface area contributed by atoms with Crippen molar-refractivity contribution in [2.75, 3.05) is 0 Å². The largest absolute Gasteiger partial charge is 0.392 e. The summed E-state index contributed by atoms with van der Waals surface area (Å²) in [4.78, 5) is 0. The number of benzene rings is 1. The van der Waals surface area contributed by atoms with Crippen molar-refractivity contribution in [3.63, 3.8) is 0 Å². The van der Waals surface area contributed by atoms with E-state index >= 15 is 0 Å². The van der Waals surface area contributed by atoms with Gasteiger partial charge >= 0.3 is 0 Å². The Morgan fingerprint density at radius 3 is 2.79 bits per heavy atom. The van der Waals surface area contributed by atoms with Crippen LogP contribution in [-0.4, -0.2) is 11.2 Å². The van der Waals surface area contributed by atoms with Crippen molar-refractivity contribution in [2.45, 2.75) is 45.1 Å². The van der Waals surface area contributed by atoms with Gasteiger partial charge in [0.25, 0.3) is 0 Å². The van der Waals surface area contributed by atoms with E-state index in [2.05, 4.69) is 39.0 Å². The summed E-state index contributed by atoms with van der Waals surface area (Å²) in [6.07, 6.45) is 1.71. The van der Waals surface area contributed by atoms with Crippen molar-refractivity contribution < 1.29 is 5.11 Å². The minimum Gasteiger partial charge on any atom is -0.392 e.